The van der Waals surface area contributed by atoms with Crippen LogP contribution in [0.1, 0.15) is 47.0 Å². The molecule has 2 nitrogen and oxygen atoms in total. The molecule has 0 aliphatic carbocycles. The van der Waals surface area contributed by atoms with E-state index < -0.39 is 0 Å². The third kappa shape index (κ3) is 9.84. The number of hydrogen-bond donors (Lipinski definition) is 2. The zero-order chi connectivity index (χ0) is 10.1. The smallest absolute Gasteiger partial charge is 0.00793 e. The Balaban J connectivity index is 3.12. The summed E-state index contributed by atoms with van der Waals surface area (Å²) in [4.78, 5) is 0. The van der Waals surface area contributed by atoms with Gasteiger partial charge in [-0.25, -0.2) is 0 Å². The summed E-state index contributed by atoms with van der Waals surface area (Å²) in [6.45, 7) is 11.0. The molecule has 0 saturated heterocycles. The highest BCUT2D eigenvalue weighted by Crippen LogP contribution is 1.98. The van der Waals surface area contributed by atoms with Gasteiger partial charge in [0.05, 0.1) is 0 Å². The number of unbranched alkanes of at least 4 members (excludes halogenated alkanes) is 1. The van der Waals surface area contributed by atoms with Gasteiger partial charge in [0.15, 0.2) is 0 Å². The van der Waals surface area contributed by atoms with Crippen LogP contribution in [0.4, 0.5) is 0 Å². The third-order valence-corrected chi connectivity index (χ3v) is 2.16. The quantitative estimate of drug-likeness (QED) is 0.568. The Bertz CT molecular complexity index is 102. The van der Waals surface area contributed by atoms with E-state index in [4.69, 9.17) is 0 Å². The molecular weight excluding hydrogens is 160 g/mol. The van der Waals surface area contributed by atoms with Gasteiger partial charge in [0.2, 0.25) is 0 Å². The minimum Gasteiger partial charge on any atom is -0.313 e. The van der Waals surface area contributed by atoms with E-state index >= 15 is 0 Å². The molecule has 0 bridgehead atoms. The van der Waals surface area contributed by atoms with Crippen LogP contribution in [0.2, 0.25) is 0 Å². The highest BCUT2D eigenvalue weighted by Gasteiger charge is 1.99. The summed E-state index contributed by atoms with van der Waals surface area (Å²) in [5.74, 6) is 0. The summed E-state index contributed by atoms with van der Waals surface area (Å²) < 4.78 is 0. The van der Waals surface area contributed by atoms with E-state index in [0.717, 1.165) is 13.1 Å². The van der Waals surface area contributed by atoms with Crippen molar-refractivity contribution in [2.75, 3.05) is 13.1 Å². The standard InChI is InChI=1S/C11H26N2/c1-5-6-7-11(4)13-9-8-12-10(2)3/h10-13H,5-9H2,1-4H3. The highest BCUT2D eigenvalue weighted by molar-refractivity contribution is 4.62. The van der Waals surface area contributed by atoms with E-state index in [0.29, 0.717) is 12.1 Å². The number of rotatable bonds is 8. The molecule has 1 unspecified atom stereocenters. The molecule has 2 N–H and O–H groups in total. The molecule has 0 saturated carbocycles. The predicted octanol–water partition coefficient (Wildman–Crippen LogP) is 2.15. The van der Waals surface area contributed by atoms with Gasteiger partial charge in [-0.2, -0.15) is 0 Å². The molecule has 0 fully saturated rings. The summed E-state index contributed by atoms with van der Waals surface area (Å²) in [6.07, 6.45) is 3.94. The maximum Gasteiger partial charge on any atom is 0.00793 e. The Morgan fingerprint density at radius 3 is 2.15 bits per heavy atom. The molecule has 0 aliphatic heterocycles. The highest BCUT2D eigenvalue weighted by atomic mass is 15.0. The van der Waals surface area contributed by atoms with Crippen molar-refractivity contribution in [3.63, 3.8) is 0 Å². The second-order valence-corrected chi connectivity index (χ2v) is 4.11. The fourth-order valence-corrected chi connectivity index (χ4v) is 1.29. The van der Waals surface area contributed by atoms with Crippen molar-refractivity contribution in [2.45, 2.75) is 59.0 Å². The Morgan fingerprint density at radius 2 is 1.62 bits per heavy atom. The average molecular weight is 186 g/mol. The van der Waals surface area contributed by atoms with Crippen molar-refractivity contribution in [3.05, 3.63) is 0 Å². The molecule has 0 amide bonds. The van der Waals surface area contributed by atoms with Gasteiger partial charge in [-0.1, -0.05) is 33.6 Å². The van der Waals surface area contributed by atoms with Crippen molar-refractivity contribution in [2.24, 2.45) is 0 Å². The lowest BCUT2D eigenvalue weighted by Gasteiger charge is -2.14. The van der Waals surface area contributed by atoms with Crippen molar-refractivity contribution in [1.82, 2.24) is 10.6 Å². The van der Waals surface area contributed by atoms with Gasteiger partial charge < -0.3 is 10.6 Å². The molecule has 0 aromatic heterocycles. The number of nitrogens with one attached hydrogen (secondary N) is 2. The third-order valence-electron chi connectivity index (χ3n) is 2.16. The maximum atomic E-state index is 3.51. The maximum absolute atomic E-state index is 3.51. The molecule has 0 aliphatic rings. The SMILES string of the molecule is CCCCC(C)NCCNC(C)C. The van der Waals surface area contributed by atoms with Gasteiger partial charge in [0.25, 0.3) is 0 Å². The van der Waals surface area contributed by atoms with Crippen LogP contribution in [0.25, 0.3) is 0 Å². The monoisotopic (exact) mass is 186 g/mol. The van der Waals surface area contributed by atoms with Crippen molar-refractivity contribution < 1.29 is 0 Å². The Kier molecular flexibility index (Phi) is 8.46. The van der Waals surface area contributed by atoms with Gasteiger partial charge in [-0.15, -0.1) is 0 Å². The van der Waals surface area contributed by atoms with Crippen LogP contribution in [0.5, 0.6) is 0 Å². The summed E-state index contributed by atoms with van der Waals surface area (Å²) in [5.41, 5.74) is 0. The van der Waals surface area contributed by atoms with E-state index in [-0.39, 0.29) is 0 Å². The summed E-state index contributed by atoms with van der Waals surface area (Å²) >= 11 is 0. The van der Waals surface area contributed by atoms with Crippen LogP contribution in [0.15, 0.2) is 0 Å². The fraction of sp³-hybridized carbons (Fsp3) is 1.00. The molecule has 0 aromatic carbocycles. The zero-order valence-corrected chi connectivity index (χ0v) is 9.69. The average Bonchev–Trinajstić information content (AvgIpc) is 2.08. The molecule has 2 heteroatoms. The van der Waals surface area contributed by atoms with Crippen molar-refractivity contribution in [1.29, 1.82) is 0 Å². The van der Waals surface area contributed by atoms with Crippen LogP contribution in [0, 0.1) is 0 Å². The van der Waals surface area contributed by atoms with E-state index in [1.807, 2.05) is 0 Å². The van der Waals surface area contributed by atoms with Gasteiger partial charge in [-0.05, 0) is 13.3 Å². The first kappa shape index (κ1) is 12.9. The predicted molar refractivity (Wildman–Crippen MR) is 60.1 cm³/mol. The van der Waals surface area contributed by atoms with E-state index in [9.17, 15) is 0 Å². The first-order valence-electron chi connectivity index (χ1n) is 5.63. The first-order chi connectivity index (χ1) is 6.16. The molecule has 0 radical (unpaired) electrons. The van der Waals surface area contributed by atoms with Gasteiger partial charge >= 0.3 is 0 Å². The van der Waals surface area contributed by atoms with Gasteiger partial charge in [0, 0.05) is 25.2 Å². The molecule has 0 aromatic rings. The normalized spacial score (nSPS) is 13.6. The van der Waals surface area contributed by atoms with E-state index in [1.54, 1.807) is 0 Å². The molecule has 1 atom stereocenters. The Hall–Kier alpha value is -0.0800. The molecule has 13 heavy (non-hydrogen) atoms. The largest absolute Gasteiger partial charge is 0.313 e. The van der Waals surface area contributed by atoms with E-state index in [2.05, 4.69) is 38.3 Å². The zero-order valence-electron chi connectivity index (χ0n) is 9.69. The van der Waals surface area contributed by atoms with Crippen molar-refractivity contribution >= 4 is 0 Å². The van der Waals surface area contributed by atoms with E-state index in [1.165, 1.54) is 19.3 Å². The lowest BCUT2D eigenvalue weighted by atomic mass is 10.1. The Labute approximate surface area is 83.5 Å². The first-order valence-corrected chi connectivity index (χ1v) is 5.63. The van der Waals surface area contributed by atoms with Crippen LogP contribution >= 0.6 is 0 Å². The fourth-order valence-electron chi connectivity index (χ4n) is 1.29. The minimum absolute atomic E-state index is 0.604. The van der Waals surface area contributed by atoms with Crippen LogP contribution in [-0.4, -0.2) is 25.2 Å². The molecular formula is C11H26N2. The molecule has 0 spiro atoms. The van der Waals surface area contributed by atoms with Crippen LogP contribution in [0.3, 0.4) is 0 Å². The number of hydrogen-bond acceptors (Lipinski definition) is 2. The lowest BCUT2D eigenvalue weighted by Crippen LogP contribution is -2.35. The minimum atomic E-state index is 0.604. The summed E-state index contributed by atoms with van der Waals surface area (Å²) in [6, 6.07) is 1.28. The lowest BCUT2D eigenvalue weighted by molar-refractivity contribution is 0.475. The summed E-state index contributed by atoms with van der Waals surface area (Å²) in [5, 5.41) is 6.90. The molecule has 0 heterocycles. The topological polar surface area (TPSA) is 24.1 Å². The van der Waals surface area contributed by atoms with Crippen molar-refractivity contribution in [3.8, 4) is 0 Å². The summed E-state index contributed by atoms with van der Waals surface area (Å²) in [7, 11) is 0. The van der Waals surface area contributed by atoms with Crippen LogP contribution in [-0.2, 0) is 0 Å². The second kappa shape index (κ2) is 8.52. The molecule has 80 valence electrons. The van der Waals surface area contributed by atoms with Gasteiger partial charge in [-0.3, -0.25) is 0 Å². The second-order valence-electron chi connectivity index (χ2n) is 4.11. The van der Waals surface area contributed by atoms with Crippen LogP contribution < -0.4 is 10.6 Å². The van der Waals surface area contributed by atoms with Gasteiger partial charge in [0.1, 0.15) is 0 Å². The Morgan fingerprint density at radius 1 is 1.00 bits per heavy atom. The molecule has 0 rings (SSSR count).